The van der Waals surface area contributed by atoms with Crippen LogP contribution in [0.4, 0.5) is 19.0 Å². The quantitative estimate of drug-likeness (QED) is 0.312. The molecule has 3 aromatic rings. The first kappa shape index (κ1) is 26.9. The topological polar surface area (TPSA) is 76.9 Å². The maximum atomic E-state index is 13.9. The molecule has 0 radical (unpaired) electrons. The molecule has 1 fully saturated rings. The molecule has 3 heterocycles. The molecule has 2 amide bonds. The molecule has 0 saturated carbocycles. The fourth-order valence-electron chi connectivity index (χ4n) is 4.88. The van der Waals surface area contributed by atoms with Crippen molar-refractivity contribution in [3.8, 4) is 17.5 Å². The molecule has 0 unspecified atom stereocenters. The Hall–Kier alpha value is -3.73. The van der Waals surface area contributed by atoms with Gasteiger partial charge in [-0.2, -0.15) is 4.98 Å². The van der Waals surface area contributed by atoms with E-state index in [0.717, 1.165) is 30.5 Å². The van der Waals surface area contributed by atoms with Gasteiger partial charge in [0, 0.05) is 24.2 Å². The van der Waals surface area contributed by atoms with Crippen LogP contribution >= 0.6 is 11.6 Å². The average molecular weight is 563 g/mol. The minimum atomic E-state index is -4.87. The zero-order valence-electron chi connectivity index (χ0n) is 21.1. The van der Waals surface area contributed by atoms with Gasteiger partial charge in [-0.1, -0.05) is 43.1 Å². The van der Waals surface area contributed by atoms with E-state index in [4.69, 9.17) is 16.3 Å². The maximum Gasteiger partial charge on any atom is 0.573 e. The van der Waals surface area contributed by atoms with Crippen LogP contribution in [-0.2, 0) is 11.3 Å². The molecule has 0 spiro atoms. The van der Waals surface area contributed by atoms with Crippen LogP contribution in [0.25, 0.3) is 0 Å². The number of hydrogen-bond acceptors (Lipinski definition) is 6. The summed E-state index contributed by atoms with van der Waals surface area (Å²) < 4.78 is 49.9. The van der Waals surface area contributed by atoms with Crippen molar-refractivity contribution >= 4 is 29.2 Å². The number of imidazole rings is 1. The molecule has 0 N–H and O–H groups in total. The first-order chi connectivity index (χ1) is 18.6. The van der Waals surface area contributed by atoms with Crippen LogP contribution in [-0.4, -0.2) is 51.8 Å². The Balaban J connectivity index is 1.61. The Bertz CT molecular complexity index is 1380. The SMILES string of the molecule is CCCCN1C(=O)c2c(nc(Oc3cccc(OC(F)(F)F)c3)n2Cc2ccc(Cl)cc2)N2CCC[C@H]2C1=O. The zero-order valence-corrected chi connectivity index (χ0v) is 21.8. The molecule has 0 bridgehead atoms. The highest BCUT2D eigenvalue weighted by molar-refractivity contribution is 6.30. The number of amides is 2. The average Bonchev–Trinajstić information content (AvgIpc) is 3.48. The molecule has 12 heteroatoms. The number of fused-ring (bicyclic) bond motifs is 3. The molecule has 1 atom stereocenters. The largest absolute Gasteiger partial charge is 0.573 e. The van der Waals surface area contributed by atoms with E-state index in [9.17, 15) is 22.8 Å². The van der Waals surface area contributed by atoms with Crippen LogP contribution in [0.5, 0.6) is 17.5 Å². The first-order valence-corrected chi connectivity index (χ1v) is 13.0. The number of nitrogens with zero attached hydrogens (tertiary/aromatic N) is 4. The van der Waals surface area contributed by atoms with Gasteiger partial charge < -0.3 is 14.4 Å². The lowest BCUT2D eigenvalue weighted by Gasteiger charge is -2.25. The van der Waals surface area contributed by atoms with Crippen LogP contribution in [0.15, 0.2) is 48.5 Å². The fourth-order valence-corrected chi connectivity index (χ4v) is 5.01. The zero-order chi connectivity index (χ0) is 27.7. The second-order valence-electron chi connectivity index (χ2n) is 9.40. The van der Waals surface area contributed by atoms with Crippen LogP contribution in [0.2, 0.25) is 5.02 Å². The third kappa shape index (κ3) is 5.68. The number of alkyl halides is 3. The van der Waals surface area contributed by atoms with Crippen molar-refractivity contribution in [1.29, 1.82) is 0 Å². The summed E-state index contributed by atoms with van der Waals surface area (Å²) in [6.07, 6.45) is -2.07. The number of unbranched alkanes of at least 4 members (excludes halogenated alkanes) is 1. The van der Waals surface area contributed by atoms with E-state index in [2.05, 4.69) is 9.72 Å². The van der Waals surface area contributed by atoms with Gasteiger partial charge in [-0.05, 0) is 49.1 Å². The summed E-state index contributed by atoms with van der Waals surface area (Å²) >= 11 is 6.06. The van der Waals surface area contributed by atoms with Crippen molar-refractivity contribution < 1.29 is 32.2 Å². The van der Waals surface area contributed by atoms with Crippen LogP contribution in [0, 0.1) is 0 Å². The molecule has 2 aliphatic rings. The lowest BCUT2D eigenvalue weighted by molar-refractivity contribution is -0.274. The van der Waals surface area contributed by atoms with Crippen LogP contribution in [0.1, 0.15) is 48.7 Å². The molecule has 1 aromatic heterocycles. The molecule has 39 heavy (non-hydrogen) atoms. The number of anilines is 1. The molecule has 8 nitrogen and oxygen atoms in total. The Morgan fingerprint density at radius 1 is 1.10 bits per heavy atom. The van der Waals surface area contributed by atoms with Crippen molar-refractivity contribution in [1.82, 2.24) is 14.5 Å². The van der Waals surface area contributed by atoms with Gasteiger partial charge in [0.25, 0.3) is 11.8 Å². The summed E-state index contributed by atoms with van der Waals surface area (Å²) in [4.78, 5) is 35.1. The van der Waals surface area contributed by atoms with E-state index >= 15 is 0 Å². The molecule has 1 saturated heterocycles. The van der Waals surface area contributed by atoms with E-state index in [-0.39, 0.29) is 36.5 Å². The Morgan fingerprint density at radius 3 is 2.56 bits per heavy atom. The molecular formula is C27H26ClF3N4O4. The second-order valence-corrected chi connectivity index (χ2v) is 9.84. The van der Waals surface area contributed by atoms with Gasteiger partial charge in [0.15, 0.2) is 11.5 Å². The van der Waals surface area contributed by atoms with Gasteiger partial charge in [-0.15, -0.1) is 13.2 Å². The smallest absolute Gasteiger partial charge is 0.425 e. The number of imide groups is 1. The normalized spacial score (nSPS) is 17.2. The summed E-state index contributed by atoms with van der Waals surface area (Å²) in [5, 5.41) is 0.536. The summed E-state index contributed by atoms with van der Waals surface area (Å²) in [6.45, 7) is 2.93. The van der Waals surface area contributed by atoms with E-state index in [1.165, 1.54) is 17.0 Å². The van der Waals surface area contributed by atoms with Gasteiger partial charge >= 0.3 is 12.4 Å². The maximum absolute atomic E-state index is 13.9. The van der Waals surface area contributed by atoms with Crippen molar-refractivity contribution in [2.75, 3.05) is 18.0 Å². The number of rotatable bonds is 8. The molecule has 5 rings (SSSR count). The van der Waals surface area contributed by atoms with Gasteiger partial charge in [0.05, 0.1) is 6.54 Å². The number of aromatic nitrogens is 2. The third-order valence-electron chi connectivity index (χ3n) is 6.68. The molecule has 2 aromatic carbocycles. The monoisotopic (exact) mass is 562 g/mol. The highest BCUT2D eigenvalue weighted by atomic mass is 35.5. The van der Waals surface area contributed by atoms with Gasteiger partial charge in [0.2, 0.25) is 0 Å². The Morgan fingerprint density at radius 2 is 1.85 bits per heavy atom. The van der Waals surface area contributed by atoms with E-state index < -0.39 is 24.1 Å². The predicted molar refractivity (Wildman–Crippen MR) is 137 cm³/mol. The first-order valence-electron chi connectivity index (χ1n) is 12.7. The number of carbonyl (C=O) groups excluding carboxylic acids is 2. The number of ether oxygens (including phenoxy) is 2. The number of halogens is 4. The van der Waals surface area contributed by atoms with Gasteiger partial charge in [0.1, 0.15) is 17.5 Å². The van der Waals surface area contributed by atoms with Crippen molar-refractivity contribution in [3.63, 3.8) is 0 Å². The Labute approximate surface area is 227 Å². The van der Waals surface area contributed by atoms with E-state index in [1.807, 2.05) is 11.8 Å². The standard InChI is InChI=1S/C27H26ClF3N4O4/c1-2-3-13-34-24(36)21-8-5-14-33(21)23-22(25(34)37)35(16-17-9-11-18(28)12-10-17)26(32-23)38-19-6-4-7-20(15-19)39-27(29,30)31/h4,6-7,9-12,15,21H,2-3,5,8,13-14,16H2,1H3/t21-/m0/s1. The summed E-state index contributed by atoms with van der Waals surface area (Å²) in [5.41, 5.74) is 0.969. The lowest BCUT2D eigenvalue weighted by Crippen LogP contribution is -2.46. The van der Waals surface area contributed by atoms with Gasteiger partial charge in [-0.25, -0.2) is 0 Å². The minimum Gasteiger partial charge on any atom is -0.425 e. The van der Waals surface area contributed by atoms with Crippen molar-refractivity contribution in [2.45, 2.75) is 51.6 Å². The van der Waals surface area contributed by atoms with Gasteiger partial charge in [-0.3, -0.25) is 19.1 Å². The Kier molecular flexibility index (Phi) is 7.44. The van der Waals surface area contributed by atoms with Crippen molar-refractivity contribution in [3.05, 3.63) is 64.8 Å². The van der Waals surface area contributed by atoms with Crippen molar-refractivity contribution in [2.24, 2.45) is 0 Å². The summed E-state index contributed by atoms with van der Waals surface area (Å²) in [5.74, 6) is -0.825. The van der Waals surface area contributed by atoms with E-state index in [0.29, 0.717) is 30.2 Å². The molecule has 2 aliphatic heterocycles. The molecular weight excluding hydrogens is 537 g/mol. The second kappa shape index (κ2) is 10.8. The number of carbonyl (C=O) groups is 2. The lowest BCUT2D eigenvalue weighted by atomic mass is 10.2. The predicted octanol–water partition coefficient (Wildman–Crippen LogP) is 6.03. The third-order valence-corrected chi connectivity index (χ3v) is 6.93. The number of benzene rings is 2. The fraction of sp³-hybridized carbons (Fsp3) is 0.370. The summed E-state index contributed by atoms with van der Waals surface area (Å²) in [6, 6.07) is 11.6. The highest BCUT2D eigenvalue weighted by Crippen LogP contribution is 2.38. The highest BCUT2D eigenvalue weighted by Gasteiger charge is 2.45. The minimum absolute atomic E-state index is 0.00268. The van der Waals surface area contributed by atoms with Crippen LogP contribution < -0.4 is 14.4 Å². The molecule has 0 aliphatic carbocycles. The van der Waals surface area contributed by atoms with E-state index in [1.54, 1.807) is 28.8 Å². The van der Waals surface area contributed by atoms with Crippen LogP contribution in [0.3, 0.4) is 0 Å². The number of hydrogen-bond donors (Lipinski definition) is 0. The molecule has 206 valence electrons. The summed E-state index contributed by atoms with van der Waals surface area (Å²) in [7, 11) is 0.